The van der Waals surface area contributed by atoms with E-state index in [4.69, 9.17) is 4.74 Å². The first-order chi connectivity index (χ1) is 10.6. The average molecular weight is 363 g/mol. The van der Waals surface area contributed by atoms with Crippen LogP contribution in [0.15, 0.2) is 53.0 Å². The Morgan fingerprint density at radius 2 is 1.91 bits per heavy atom. The summed E-state index contributed by atoms with van der Waals surface area (Å²) >= 11 is 3.38. The number of rotatable bonds is 6. The van der Waals surface area contributed by atoms with Crippen molar-refractivity contribution in [2.75, 3.05) is 13.2 Å². The molecule has 2 aromatic rings. The highest BCUT2D eigenvalue weighted by Gasteiger charge is 2.00. The fraction of sp³-hybridized carbons (Fsp3) is 0.235. The molecule has 0 aliphatic heterocycles. The van der Waals surface area contributed by atoms with E-state index in [1.54, 1.807) is 0 Å². The van der Waals surface area contributed by atoms with Crippen molar-refractivity contribution in [3.63, 3.8) is 0 Å². The SMILES string of the molecule is Cc1ccc(CNC(=O)NCCOc2cccc(Br)c2)cc1. The van der Waals surface area contributed by atoms with Crippen LogP contribution in [0.25, 0.3) is 0 Å². The van der Waals surface area contributed by atoms with Crippen LogP contribution in [0, 0.1) is 6.92 Å². The molecule has 0 heterocycles. The van der Waals surface area contributed by atoms with Crippen LogP contribution in [0.2, 0.25) is 0 Å². The number of urea groups is 1. The van der Waals surface area contributed by atoms with E-state index in [0.29, 0.717) is 19.7 Å². The second kappa shape index (κ2) is 8.44. The molecule has 0 bridgehead atoms. The molecule has 2 N–H and O–H groups in total. The van der Waals surface area contributed by atoms with E-state index in [0.717, 1.165) is 15.8 Å². The normalized spacial score (nSPS) is 10.1. The number of amides is 2. The van der Waals surface area contributed by atoms with Crippen molar-refractivity contribution in [2.24, 2.45) is 0 Å². The summed E-state index contributed by atoms with van der Waals surface area (Å²) in [6.07, 6.45) is 0. The third kappa shape index (κ3) is 5.77. The maximum atomic E-state index is 11.7. The molecule has 0 fully saturated rings. The molecule has 2 rings (SSSR count). The van der Waals surface area contributed by atoms with E-state index in [1.807, 2.05) is 55.5 Å². The Kier molecular flexibility index (Phi) is 6.27. The average Bonchev–Trinajstić information content (AvgIpc) is 2.51. The van der Waals surface area contributed by atoms with Crippen molar-refractivity contribution in [3.8, 4) is 5.75 Å². The van der Waals surface area contributed by atoms with Gasteiger partial charge in [0.2, 0.25) is 0 Å². The molecular weight excluding hydrogens is 344 g/mol. The molecule has 0 aliphatic rings. The van der Waals surface area contributed by atoms with Crippen LogP contribution in [-0.4, -0.2) is 19.2 Å². The molecule has 116 valence electrons. The number of carbonyl (C=O) groups excluding carboxylic acids is 1. The molecule has 0 aliphatic carbocycles. The van der Waals surface area contributed by atoms with Gasteiger partial charge in [0.25, 0.3) is 0 Å². The van der Waals surface area contributed by atoms with Gasteiger partial charge in [0.05, 0.1) is 6.54 Å². The molecule has 0 saturated heterocycles. The Hall–Kier alpha value is -2.01. The quantitative estimate of drug-likeness (QED) is 0.770. The van der Waals surface area contributed by atoms with E-state index in [2.05, 4.69) is 26.6 Å². The van der Waals surface area contributed by atoms with Crippen LogP contribution in [0.3, 0.4) is 0 Å². The molecule has 2 aromatic carbocycles. The third-order valence-electron chi connectivity index (χ3n) is 3.03. The van der Waals surface area contributed by atoms with Gasteiger partial charge in [0.1, 0.15) is 12.4 Å². The number of carbonyl (C=O) groups is 1. The van der Waals surface area contributed by atoms with E-state index >= 15 is 0 Å². The lowest BCUT2D eigenvalue weighted by atomic mass is 10.1. The molecule has 0 unspecified atom stereocenters. The first-order valence-electron chi connectivity index (χ1n) is 7.09. The Morgan fingerprint density at radius 1 is 1.14 bits per heavy atom. The zero-order valence-electron chi connectivity index (χ0n) is 12.4. The standard InChI is InChI=1S/C17H19BrN2O2/c1-13-5-7-14(8-6-13)12-20-17(21)19-9-10-22-16-4-2-3-15(18)11-16/h2-8,11H,9-10,12H2,1H3,(H2,19,20,21). The molecule has 0 spiro atoms. The zero-order valence-corrected chi connectivity index (χ0v) is 14.0. The Bertz CT molecular complexity index is 614. The minimum Gasteiger partial charge on any atom is -0.492 e. The van der Waals surface area contributed by atoms with E-state index in [9.17, 15) is 4.79 Å². The first kappa shape index (κ1) is 16.4. The molecule has 22 heavy (non-hydrogen) atoms. The van der Waals surface area contributed by atoms with Crippen molar-refractivity contribution in [2.45, 2.75) is 13.5 Å². The number of hydrogen-bond donors (Lipinski definition) is 2. The van der Waals surface area contributed by atoms with Gasteiger partial charge in [-0.2, -0.15) is 0 Å². The van der Waals surface area contributed by atoms with Crippen LogP contribution < -0.4 is 15.4 Å². The Balaban J connectivity index is 1.62. The molecule has 0 saturated carbocycles. The van der Waals surface area contributed by atoms with Crippen LogP contribution in [0.5, 0.6) is 5.75 Å². The molecule has 0 radical (unpaired) electrons. The van der Waals surface area contributed by atoms with Gasteiger partial charge in [-0.05, 0) is 30.7 Å². The Labute approximate surface area is 139 Å². The topological polar surface area (TPSA) is 50.4 Å². The number of benzene rings is 2. The van der Waals surface area contributed by atoms with Gasteiger partial charge < -0.3 is 15.4 Å². The predicted octanol–water partition coefficient (Wildman–Crippen LogP) is 3.64. The van der Waals surface area contributed by atoms with Gasteiger partial charge in [-0.15, -0.1) is 0 Å². The second-order valence-corrected chi connectivity index (χ2v) is 5.82. The van der Waals surface area contributed by atoms with Gasteiger partial charge >= 0.3 is 6.03 Å². The molecule has 5 heteroatoms. The fourth-order valence-electron chi connectivity index (χ4n) is 1.84. The van der Waals surface area contributed by atoms with Crippen molar-refractivity contribution < 1.29 is 9.53 Å². The van der Waals surface area contributed by atoms with Gasteiger partial charge in [-0.1, -0.05) is 51.8 Å². The molecule has 2 amide bonds. The highest BCUT2D eigenvalue weighted by atomic mass is 79.9. The largest absolute Gasteiger partial charge is 0.492 e. The third-order valence-corrected chi connectivity index (χ3v) is 3.52. The van der Waals surface area contributed by atoms with Gasteiger partial charge in [0, 0.05) is 11.0 Å². The van der Waals surface area contributed by atoms with E-state index in [1.165, 1.54) is 5.56 Å². The number of nitrogens with one attached hydrogen (secondary N) is 2. The fourth-order valence-corrected chi connectivity index (χ4v) is 2.22. The number of hydrogen-bond acceptors (Lipinski definition) is 2. The lowest BCUT2D eigenvalue weighted by molar-refractivity contribution is 0.236. The summed E-state index contributed by atoms with van der Waals surface area (Å²) in [6, 6.07) is 15.5. The highest BCUT2D eigenvalue weighted by Crippen LogP contribution is 2.17. The lowest BCUT2D eigenvalue weighted by Crippen LogP contribution is -2.37. The first-order valence-corrected chi connectivity index (χ1v) is 7.88. The maximum absolute atomic E-state index is 11.7. The summed E-state index contributed by atoms with van der Waals surface area (Å²) in [5.74, 6) is 0.774. The maximum Gasteiger partial charge on any atom is 0.315 e. The summed E-state index contributed by atoms with van der Waals surface area (Å²) in [4.78, 5) is 11.7. The van der Waals surface area contributed by atoms with Gasteiger partial charge in [-0.25, -0.2) is 4.79 Å². The van der Waals surface area contributed by atoms with E-state index < -0.39 is 0 Å². The minimum atomic E-state index is -0.196. The summed E-state index contributed by atoms with van der Waals surface area (Å²) in [7, 11) is 0. The monoisotopic (exact) mass is 362 g/mol. The van der Waals surface area contributed by atoms with Gasteiger partial charge in [0.15, 0.2) is 0 Å². The molecule has 0 aromatic heterocycles. The highest BCUT2D eigenvalue weighted by molar-refractivity contribution is 9.10. The molecule has 4 nitrogen and oxygen atoms in total. The predicted molar refractivity (Wildman–Crippen MR) is 91.1 cm³/mol. The summed E-state index contributed by atoms with van der Waals surface area (Å²) in [5.41, 5.74) is 2.28. The lowest BCUT2D eigenvalue weighted by Gasteiger charge is -2.09. The molecule has 0 atom stereocenters. The Morgan fingerprint density at radius 3 is 2.64 bits per heavy atom. The van der Waals surface area contributed by atoms with Crippen LogP contribution >= 0.6 is 15.9 Å². The summed E-state index contributed by atoms with van der Waals surface area (Å²) in [5, 5.41) is 5.58. The number of halogens is 1. The second-order valence-electron chi connectivity index (χ2n) is 4.90. The number of ether oxygens (including phenoxy) is 1. The van der Waals surface area contributed by atoms with Crippen molar-refractivity contribution in [3.05, 3.63) is 64.1 Å². The van der Waals surface area contributed by atoms with Crippen molar-refractivity contribution in [1.82, 2.24) is 10.6 Å². The smallest absolute Gasteiger partial charge is 0.315 e. The van der Waals surface area contributed by atoms with Crippen LogP contribution in [0.1, 0.15) is 11.1 Å². The summed E-state index contributed by atoms with van der Waals surface area (Å²) in [6.45, 7) is 3.43. The minimum absolute atomic E-state index is 0.196. The molecular formula is C17H19BrN2O2. The van der Waals surface area contributed by atoms with Crippen molar-refractivity contribution >= 4 is 22.0 Å². The van der Waals surface area contributed by atoms with Crippen LogP contribution in [0.4, 0.5) is 4.79 Å². The van der Waals surface area contributed by atoms with Crippen LogP contribution in [-0.2, 0) is 6.54 Å². The van der Waals surface area contributed by atoms with Crippen molar-refractivity contribution in [1.29, 1.82) is 0 Å². The number of aryl methyl sites for hydroxylation is 1. The zero-order chi connectivity index (χ0) is 15.8. The van der Waals surface area contributed by atoms with E-state index in [-0.39, 0.29) is 6.03 Å². The van der Waals surface area contributed by atoms with Gasteiger partial charge in [-0.3, -0.25) is 0 Å². The summed E-state index contributed by atoms with van der Waals surface area (Å²) < 4.78 is 6.51.